The third kappa shape index (κ3) is 2.10. The second kappa shape index (κ2) is 3.44. The Morgan fingerprint density at radius 3 is 2.82 bits per heavy atom. The summed E-state index contributed by atoms with van der Waals surface area (Å²) in [6.45, 7) is 0. The van der Waals surface area contributed by atoms with Crippen molar-refractivity contribution < 1.29 is 9.18 Å². The van der Waals surface area contributed by atoms with Gasteiger partial charge in [0.05, 0.1) is 5.56 Å². The first kappa shape index (κ1) is 8.86. The van der Waals surface area contributed by atoms with Gasteiger partial charge in [-0.05, 0) is 34.2 Å². The number of carbonyl (C=O) groups is 1. The molecule has 0 fully saturated rings. The minimum Gasteiger partial charge on any atom is -0.275 e. The lowest BCUT2D eigenvalue weighted by Crippen LogP contribution is -1.96. The summed E-state index contributed by atoms with van der Waals surface area (Å²) < 4.78 is 13.2. The van der Waals surface area contributed by atoms with E-state index >= 15 is 0 Å². The molecule has 0 aliphatic carbocycles. The summed E-state index contributed by atoms with van der Waals surface area (Å²) in [6, 6.07) is 1.15. The molecule has 0 aliphatic rings. The van der Waals surface area contributed by atoms with Crippen molar-refractivity contribution in [3.63, 3.8) is 0 Å². The van der Waals surface area contributed by atoms with E-state index in [4.69, 9.17) is 11.6 Å². The quantitative estimate of drug-likeness (QED) is 0.450. The summed E-state index contributed by atoms with van der Waals surface area (Å²) >= 11 is 6.88. The molecule has 0 saturated carbocycles. The van der Waals surface area contributed by atoms with Crippen LogP contribution in [0.5, 0.6) is 0 Å². The third-order valence-electron chi connectivity index (χ3n) is 1.03. The van der Waals surface area contributed by atoms with Crippen LogP contribution in [0.1, 0.15) is 10.4 Å². The molecule has 0 N–H and O–H groups in total. The molecule has 5 heteroatoms. The molecule has 1 aromatic heterocycles. The van der Waals surface area contributed by atoms with Gasteiger partial charge < -0.3 is 0 Å². The number of aromatic nitrogens is 1. The first-order valence-electron chi connectivity index (χ1n) is 2.62. The van der Waals surface area contributed by atoms with Crippen LogP contribution in [-0.2, 0) is 0 Å². The predicted octanol–water partition coefficient (Wildman–Crippen LogP) is 2.20. The molecule has 0 unspecified atom stereocenters. The van der Waals surface area contributed by atoms with Gasteiger partial charge in [0.25, 0.3) is 5.24 Å². The van der Waals surface area contributed by atoms with Gasteiger partial charge in [-0.1, -0.05) is 0 Å². The molecule has 0 spiro atoms. The largest absolute Gasteiger partial charge is 0.275 e. The summed E-state index contributed by atoms with van der Waals surface area (Å²) in [5.41, 5.74) is -0.188. The molecule has 0 aliphatic heterocycles. The maximum Gasteiger partial charge on any atom is 0.256 e. The van der Waals surface area contributed by atoms with Gasteiger partial charge in [-0.2, -0.15) is 0 Å². The zero-order valence-corrected chi connectivity index (χ0v) is 8.06. The predicted molar refractivity (Wildman–Crippen MR) is 47.1 cm³/mol. The molecule has 0 bridgehead atoms. The fourth-order valence-corrected chi connectivity index (χ4v) is 1.10. The van der Waals surface area contributed by atoms with Gasteiger partial charge in [0, 0.05) is 12.3 Å². The standard InChI is InChI=1S/C6H2ClFINO/c7-6(11)3-2-10-5(9)1-4(3)8/h1-2H. The van der Waals surface area contributed by atoms with Gasteiger partial charge in [-0.15, -0.1) is 0 Å². The summed E-state index contributed by atoms with van der Waals surface area (Å²) in [7, 11) is 0. The Labute approximate surface area is 80.9 Å². The average molecular weight is 285 g/mol. The monoisotopic (exact) mass is 285 g/mol. The van der Waals surface area contributed by atoms with Crippen LogP contribution in [0, 0.1) is 9.52 Å². The van der Waals surface area contributed by atoms with Crippen molar-refractivity contribution in [1.29, 1.82) is 0 Å². The van der Waals surface area contributed by atoms with Crippen LogP contribution in [0.4, 0.5) is 4.39 Å². The Kier molecular flexibility index (Phi) is 2.78. The van der Waals surface area contributed by atoms with Gasteiger partial charge in [-0.25, -0.2) is 9.37 Å². The number of hydrogen-bond donors (Lipinski definition) is 0. The van der Waals surface area contributed by atoms with Crippen LogP contribution in [0.25, 0.3) is 0 Å². The van der Waals surface area contributed by atoms with Crippen LogP contribution in [-0.4, -0.2) is 10.2 Å². The van der Waals surface area contributed by atoms with E-state index in [1.165, 1.54) is 0 Å². The molecule has 2 nitrogen and oxygen atoms in total. The summed E-state index contributed by atoms with van der Waals surface area (Å²) in [5.74, 6) is -0.635. The Balaban J connectivity index is 3.20. The van der Waals surface area contributed by atoms with E-state index in [1.54, 1.807) is 0 Å². The minimum absolute atomic E-state index is 0.188. The van der Waals surface area contributed by atoms with E-state index in [2.05, 4.69) is 4.98 Å². The minimum atomic E-state index is -0.827. The number of rotatable bonds is 1. The van der Waals surface area contributed by atoms with Crippen molar-refractivity contribution in [3.8, 4) is 0 Å². The summed E-state index contributed by atoms with van der Waals surface area (Å²) in [5, 5.41) is -0.827. The van der Waals surface area contributed by atoms with Gasteiger partial charge in [-0.3, -0.25) is 4.79 Å². The first-order chi connectivity index (χ1) is 5.11. The molecular weight excluding hydrogens is 283 g/mol. The zero-order chi connectivity index (χ0) is 8.43. The van der Waals surface area contributed by atoms with Gasteiger partial charge in [0.15, 0.2) is 0 Å². The van der Waals surface area contributed by atoms with E-state index in [0.29, 0.717) is 3.70 Å². The topological polar surface area (TPSA) is 30.0 Å². The molecule has 0 aromatic carbocycles. The van der Waals surface area contributed by atoms with Crippen molar-refractivity contribution in [2.24, 2.45) is 0 Å². The Bertz CT molecular complexity index is 305. The van der Waals surface area contributed by atoms with Gasteiger partial charge in [0.1, 0.15) is 9.52 Å². The van der Waals surface area contributed by atoms with Crippen LogP contribution in [0.2, 0.25) is 0 Å². The van der Waals surface area contributed by atoms with Gasteiger partial charge in [0.2, 0.25) is 0 Å². The van der Waals surface area contributed by atoms with Crippen molar-refractivity contribution in [3.05, 3.63) is 27.3 Å². The molecule has 0 saturated heterocycles. The lowest BCUT2D eigenvalue weighted by Gasteiger charge is -1.94. The zero-order valence-electron chi connectivity index (χ0n) is 5.14. The molecular formula is C6H2ClFINO. The van der Waals surface area contributed by atoms with Crippen LogP contribution in [0.15, 0.2) is 12.3 Å². The highest BCUT2D eigenvalue weighted by atomic mass is 127. The molecule has 1 heterocycles. The van der Waals surface area contributed by atoms with Crippen LogP contribution >= 0.6 is 34.2 Å². The first-order valence-corrected chi connectivity index (χ1v) is 4.08. The SMILES string of the molecule is O=C(Cl)c1cnc(I)cc1F. The number of carbonyl (C=O) groups excluding carboxylic acids is 1. The highest BCUT2D eigenvalue weighted by Gasteiger charge is 2.09. The molecule has 58 valence electrons. The van der Waals surface area contributed by atoms with E-state index < -0.39 is 11.1 Å². The van der Waals surface area contributed by atoms with E-state index in [0.717, 1.165) is 12.3 Å². The van der Waals surface area contributed by atoms with E-state index in [-0.39, 0.29) is 5.56 Å². The fraction of sp³-hybridized carbons (Fsp3) is 0. The average Bonchev–Trinajstić information content (AvgIpc) is 1.85. The Hall–Kier alpha value is -0.230. The molecule has 0 atom stereocenters. The maximum absolute atomic E-state index is 12.8. The highest BCUT2D eigenvalue weighted by molar-refractivity contribution is 14.1. The maximum atomic E-state index is 12.8. The summed E-state index contributed by atoms with van der Waals surface area (Å²) in [4.78, 5) is 14.2. The van der Waals surface area contributed by atoms with Crippen molar-refractivity contribution in [1.82, 2.24) is 4.98 Å². The number of nitrogens with zero attached hydrogens (tertiary/aromatic N) is 1. The van der Waals surface area contributed by atoms with Crippen molar-refractivity contribution >= 4 is 39.4 Å². The van der Waals surface area contributed by atoms with E-state index in [1.807, 2.05) is 22.6 Å². The second-order valence-electron chi connectivity index (χ2n) is 1.76. The molecule has 0 radical (unpaired) electrons. The Morgan fingerprint density at radius 2 is 2.36 bits per heavy atom. The molecule has 1 rings (SSSR count). The second-order valence-corrected chi connectivity index (χ2v) is 3.21. The molecule has 1 aromatic rings. The van der Waals surface area contributed by atoms with Crippen LogP contribution < -0.4 is 0 Å². The highest BCUT2D eigenvalue weighted by Crippen LogP contribution is 2.11. The fourth-order valence-electron chi connectivity index (χ4n) is 0.552. The Morgan fingerprint density at radius 1 is 1.73 bits per heavy atom. The number of pyridine rings is 1. The van der Waals surface area contributed by atoms with Crippen molar-refractivity contribution in [2.45, 2.75) is 0 Å². The molecule has 11 heavy (non-hydrogen) atoms. The third-order valence-corrected chi connectivity index (χ3v) is 1.83. The normalized spacial score (nSPS) is 9.73. The number of halogens is 3. The summed E-state index contributed by atoms with van der Waals surface area (Å²) in [6.07, 6.45) is 1.12. The van der Waals surface area contributed by atoms with Crippen LogP contribution in [0.3, 0.4) is 0 Å². The van der Waals surface area contributed by atoms with E-state index in [9.17, 15) is 9.18 Å². The lowest BCUT2D eigenvalue weighted by molar-refractivity contribution is 0.107. The smallest absolute Gasteiger partial charge is 0.256 e. The van der Waals surface area contributed by atoms with Crippen molar-refractivity contribution in [2.75, 3.05) is 0 Å². The lowest BCUT2D eigenvalue weighted by atomic mass is 10.3. The molecule has 0 amide bonds. The number of hydrogen-bond acceptors (Lipinski definition) is 2. The van der Waals surface area contributed by atoms with Gasteiger partial charge >= 0.3 is 0 Å².